The van der Waals surface area contributed by atoms with Gasteiger partial charge in [0.15, 0.2) is 0 Å². The molecule has 0 fully saturated rings. The summed E-state index contributed by atoms with van der Waals surface area (Å²) in [6.07, 6.45) is 3.25. The molecule has 0 saturated heterocycles. The van der Waals surface area contributed by atoms with E-state index in [1.165, 1.54) is 12.1 Å². The Bertz CT molecular complexity index is 1190. The highest BCUT2D eigenvalue weighted by Gasteiger charge is 2.22. The minimum absolute atomic E-state index is 0.0108. The summed E-state index contributed by atoms with van der Waals surface area (Å²) in [4.78, 5) is 22.8. The second kappa shape index (κ2) is 7.52. The first-order chi connectivity index (χ1) is 13.9. The number of halogens is 1. The zero-order valence-electron chi connectivity index (χ0n) is 15.2. The highest BCUT2D eigenvalue weighted by atomic mass is 79.9. The lowest BCUT2D eigenvalue weighted by atomic mass is 10.1. The lowest BCUT2D eigenvalue weighted by Crippen LogP contribution is -1.96. The van der Waals surface area contributed by atoms with Crippen LogP contribution in [0.5, 0.6) is 0 Å². The van der Waals surface area contributed by atoms with Crippen molar-refractivity contribution in [3.63, 3.8) is 0 Å². The highest BCUT2D eigenvalue weighted by Crippen LogP contribution is 2.32. The molecule has 1 aromatic heterocycles. The zero-order valence-corrected chi connectivity index (χ0v) is 16.8. The number of nitrogens with zero attached hydrogens (tertiary/aromatic N) is 1. The average Bonchev–Trinajstić information content (AvgIpc) is 3.30. The first-order valence-electron chi connectivity index (χ1n) is 8.67. The van der Waals surface area contributed by atoms with Gasteiger partial charge < -0.3 is 9.15 Å². The number of cyclic esters (lactones) is 1. The smallest absolute Gasteiger partial charge is 0.343 e. The first-order valence-corrected chi connectivity index (χ1v) is 9.47. The molecule has 2 heterocycles. The number of rotatable bonds is 4. The van der Waals surface area contributed by atoms with E-state index in [9.17, 15) is 14.9 Å². The molecule has 0 spiro atoms. The van der Waals surface area contributed by atoms with Crippen LogP contribution in [0.1, 0.15) is 16.9 Å². The van der Waals surface area contributed by atoms with Gasteiger partial charge in [-0.15, -0.1) is 0 Å². The van der Waals surface area contributed by atoms with Gasteiger partial charge in [-0.1, -0.05) is 34.1 Å². The van der Waals surface area contributed by atoms with Crippen molar-refractivity contribution < 1.29 is 18.9 Å². The third-order valence-corrected chi connectivity index (χ3v) is 5.00. The van der Waals surface area contributed by atoms with Crippen LogP contribution < -0.4 is 0 Å². The van der Waals surface area contributed by atoms with Crippen LogP contribution in [0.3, 0.4) is 0 Å². The molecule has 0 unspecified atom stereocenters. The number of esters is 1. The predicted molar refractivity (Wildman–Crippen MR) is 112 cm³/mol. The predicted octanol–water partition coefficient (Wildman–Crippen LogP) is 5.91. The minimum atomic E-state index is -0.465. The average molecular weight is 452 g/mol. The standard InChI is InChI=1S/C22H14BrNO5/c1-13-2-7-17(24(26)27)12-19(13)20-9-8-18(28-20)10-15-11-21(29-22(15)25)14-3-5-16(23)6-4-14/h2-12H,1H3/b15-10+. The molecule has 29 heavy (non-hydrogen) atoms. The van der Waals surface area contributed by atoms with E-state index in [1.54, 1.807) is 30.4 Å². The molecule has 6 nitrogen and oxygen atoms in total. The SMILES string of the molecule is Cc1ccc([N+](=O)[O-])cc1-c1ccc(/C=C2\C=C(c3ccc(Br)cc3)OC2=O)o1. The van der Waals surface area contributed by atoms with E-state index in [0.717, 1.165) is 15.6 Å². The second-order valence-corrected chi connectivity index (χ2v) is 7.38. The van der Waals surface area contributed by atoms with E-state index in [4.69, 9.17) is 9.15 Å². The summed E-state index contributed by atoms with van der Waals surface area (Å²) in [5, 5.41) is 11.0. The van der Waals surface area contributed by atoms with Crippen LogP contribution in [0, 0.1) is 17.0 Å². The van der Waals surface area contributed by atoms with Gasteiger partial charge in [-0.3, -0.25) is 10.1 Å². The van der Waals surface area contributed by atoms with Crippen LogP contribution in [0.4, 0.5) is 5.69 Å². The Morgan fingerprint density at radius 3 is 2.55 bits per heavy atom. The van der Waals surface area contributed by atoms with Crippen molar-refractivity contribution in [2.45, 2.75) is 6.92 Å². The Kier molecular flexibility index (Phi) is 4.90. The summed E-state index contributed by atoms with van der Waals surface area (Å²) < 4.78 is 12.1. The molecule has 0 saturated carbocycles. The normalized spacial score (nSPS) is 14.8. The van der Waals surface area contributed by atoms with Crippen LogP contribution in [0.25, 0.3) is 23.2 Å². The van der Waals surface area contributed by atoms with Crippen molar-refractivity contribution in [3.05, 3.63) is 97.7 Å². The van der Waals surface area contributed by atoms with Gasteiger partial charge in [-0.2, -0.15) is 0 Å². The molecule has 0 N–H and O–H groups in total. The van der Waals surface area contributed by atoms with Gasteiger partial charge in [0.05, 0.1) is 10.5 Å². The van der Waals surface area contributed by atoms with Crippen LogP contribution in [0.2, 0.25) is 0 Å². The topological polar surface area (TPSA) is 82.6 Å². The highest BCUT2D eigenvalue weighted by molar-refractivity contribution is 9.10. The molecule has 3 aromatic rings. The number of hydrogen-bond donors (Lipinski definition) is 0. The fraction of sp³-hybridized carbons (Fsp3) is 0.0455. The number of carbonyl (C=O) groups is 1. The summed E-state index contributed by atoms with van der Waals surface area (Å²) in [6.45, 7) is 1.85. The molecule has 1 aliphatic heterocycles. The summed E-state index contributed by atoms with van der Waals surface area (Å²) in [7, 11) is 0. The number of ether oxygens (including phenoxy) is 1. The molecule has 1 aliphatic rings. The van der Waals surface area contributed by atoms with Crippen LogP contribution >= 0.6 is 15.9 Å². The van der Waals surface area contributed by atoms with Crippen LogP contribution in [-0.2, 0) is 9.53 Å². The number of non-ortho nitro benzene ring substituents is 1. The van der Waals surface area contributed by atoms with Crippen molar-refractivity contribution in [1.82, 2.24) is 0 Å². The maximum atomic E-state index is 12.2. The molecule has 0 radical (unpaired) electrons. The fourth-order valence-electron chi connectivity index (χ4n) is 2.96. The Morgan fingerprint density at radius 1 is 1.07 bits per heavy atom. The van der Waals surface area contributed by atoms with Gasteiger partial charge in [0.25, 0.3) is 5.69 Å². The zero-order chi connectivity index (χ0) is 20.5. The summed E-state index contributed by atoms with van der Waals surface area (Å²) in [6, 6.07) is 15.5. The van der Waals surface area contributed by atoms with E-state index in [-0.39, 0.29) is 5.69 Å². The maximum absolute atomic E-state index is 12.2. The van der Waals surface area contributed by atoms with E-state index >= 15 is 0 Å². The van der Waals surface area contributed by atoms with Gasteiger partial charge in [0.2, 0.25) is 0 Å². The minimum Gasteiger partial charge on any atom is -0.457 e. The molecule has 7 heteroatoms. The maximum Gasteiger partial charge on any atom is 0.343 e. The largest absolute Gasteiger partial charge is 0.457 e. The number of benzene rings is 2. The van der Waals surface area contributed by atoms with Gasteiger partial charge in [-0.05, 0) is 48.9 Å². The Morgan fingerprint density at radius 2 is 1.83 bits per heavy atom. The van der Waals surface area contributed by atoms with E-state index < -0.39 is 10.9 Å². The van der Waals surface area contributed by atoms with E-state index in [2.05, 4.69) is 15.9 Å². The molecule has 2 aromatic carbocycles. The van der Waals surface area contributed by atoms with Crippen LogP contribution in [-0.4, -0.2) is 10.9 Å². The van der Waals surface area contributed by atoms with Crippen molar-refractivity contribution >= 4 is 39.4 Å². The number of hydrogen-bond acceptors (Lipinski definition) is 5. The Hall–Kier alpha value is -3.45. The van der Waals surface area contributed by atoms with Gasteiger partial charge in [0.1, 0.15) is 17.3 Å². The number of carbonyl (C=O) groups excluding carboxylic acids is 1. The molecule has 0 amide bonds. The van der Waals surface area contributed by atoms with Gasteiger partial charge in [0, 0.05) is 27.7 Å². The van der Waals surface area contributed by atoms with Crippen molar-refractivity contribution in [2.24, 2.45) is 0 Å². The van der Waals surface area contributed by atoms with E-state index in [1.807, 2.05) is 31.2 Å². The van der Waals surface area contributed by atoms with Crippen molar-refractivity contribution in [2.75, 3.05) is 0 Å². The molecule has 4 rings (SSSR count). The quantitative estimate of drug-likeness (QED) is 0.213. The molecule has 0 bridgehead atoms. The molecular weight excluding hydrogens is 438 g/mol. The van der Waals surface area contributed by atoms with Crippen molar-refractivity contribution in [1.29, 1.82) is 0 Å². The molecular formula is C22H14BrNO5. The third kappa shape index (κ3) is 3.90. The number of aryl methyl sites for hydroxylation is 1. The van der Waals surface area contributed by atoms with Crippen LogP contribution in [0.15, 0.2) is 75.1 Å². The number of nitro groups is 1. The Labute approximate surface area is 174 Å². The van der Waals surface area contributed by atoms with Gasteiger partial charge in [-0.25, -0.2) is 4.79 Å². The third-order valence-electron chi connectivity index (χ3n) is 4.48. The summed E-state index contributed by atoms with van der Waals surface area (Å²) in [5.41, 5.74) is 2.62. The fourth-order valence-corrected chi connectivity index (χ4v) is 3.23. The molecule has 0 aliphatic carbocycles. The van der Waals surface area contributed by atoms with Gasteiger partial charge >= 0.3 is 5.97 Å². The summed E-state index contributed by atoms with van der Waals surface area (Å²) in [5.74, 6) is 0.940. The Balaban J connectivity index is 1.64. The number of nitro benzene ring substituents is 1. The van der Waals surface area contributed by atoms with E-state index in [0.29, 0.717) is 28.4 Å². The molecule has 0 atom stereocenters. The second-order valence-electron chi connectivity index (χ2n) is 6.46. The lowest BCUT2D eigenvalue weighted by Gasteiger charge is -2.02. The first kappa shape index (κ1) is 18.9. The summed E-state index contributed by atoms with van der Waals surface area (Å²) >= 11 is 3.37. The monoisotopic (exact) mass is 451 g/mol. The number of furan rings is 1. The lowest BCUT2D eigenvalue weighted by molar-refractivity contribution is -0.384. The van der Waals surface area contributed by atoms with Crippen molar-refractivity contribution in [3.8, 4) is 11.3 Å². The molecule has 144 valence electrons.